The number of ketones is 1. The first-order chi connectivity index (χ1) is 14.4. The van der Waals surface area contributed by atoms with Gasteiger partial charge in [-0.1, -0.05) is 41.4 Å². The topological polar surface area (TPSA) is 78.7 Å². The van der Waals surface area contributed by atoms with E-state index in [0.717, 1.165) is 5.56 Å². The van der Waals surface area contributed by atoms with Gasteiger partial charge in [0.15, 0.2) is 5.76 Å². The van der Waals surface area contributed by atoms with E-state index in [0.29, 0.717) is 32.7 Å². The summed E-state index contributed by atoms with van der Waals surface area (Å²) >= 11 is 12.0. The molecule has 0 saturated carbocycles. The van der Waals surface area contributed by atoms with Gasteiger partial charge in [0.25, 0.3) is 5.69 Å². The van der Waals surface area contributed by atoms with E-state index >= 15 is 0 Å². The van der Waals surface area contributed by atoms with Crippen molar-refractivity contribution >= 4 is 40.7 Å². The van der Waals surface area contributed by atoms with E-state index in [4.69, 9.17) is 32.7 Å². The number of carbonyl (C=O) groups excluding carboxylic acids is 1. The smallest absolute Gasteiger partial charge is 0.270 e. The third-order valence-electron chi connectivity index (χ3n) is 4.43. The summed E-state index contributed by atoms with van der Waals surface area (Å²) in [4.78, 5) is 23.0. The Balaban J connectivity index is 1.52. The second-order valence-electron chi connectivity index (χ2n) is 6.47. The molecule has 150 valence electrons. The number of nitro benzene ring substituents is 1. The Morgan fingerprint density at radius 1 is 1.07 bits per heavy atom. The van der Waals surface area contributed by atoms with Crippen LogP contribution in [0.25, 0.3) is 6.08 Å². The molecule has 0 N–H and O–H groups in total. The number of rotatable bonds is 5. The standard InChI is InChI=1S/C22H13Cl2NO5/c23-15-5-4-14(19(24)10-15)12-29-17-6-7-18-20(11-17)30-21(22(18)26)9-13-2-1-3-16(8-13)25(27)28/h1-11H,12H2. The summed E-state index contributed by atoms with van der Waals surface area (Å²) in [5, 5.41) is 12.0. The number of non-ortho nitro benzene ring substituents is 1. The molecule has 0 aliphatic carbocycles. The number of hydrogen-bond donors (Lipinski definition) is 0. The van der Waals surface area contributed by atoms with Crippen LogP contribution in [0.2, 0.25) is 10.0 Å². The van der Waals surface area contributed by atoms with Gasteiger partial charge >= 0.3 is 0 Å². The van der Waals surface area contributed by atoms with Crippen LogP contribution in [0.3, 0.4) is 0 Å². The van der Waals surface area contributed by atoms with Gasteiger partial charge in [0.1, 0.15) is 18.1 Å². The number of nitro groups is 1. The molecule has 8 heteroatoms. The van der Waals surface area contributed by atoms with Gasteiger partial charge in [0.2, 0.25) is 5.78 Å². The second-order valence-corrected chi connectivity index (χ2v) is 7.32. The van der Waals surface area contributed by atoms with Crippen molar-refractivity contribution in [3.05, 3.63) is 103 Å². The molecule has 3 aromatic rings. The molecule has 1 heterocycles. The summed E-state index contributed by atoms with van der Waals surface area (Å²) in [6.07, 6.45) is 1.48. The van der Waals surface area contributed by atoms with Crippen LogP contribution in [-0.4, -0.2) is 10.7 Å². The van der Waals surface area contributed by atoms with E-state index < -0.39 is 4.92 Å². The van der Waals surface area contributed by atoms with Crippen LogP contribution in [0.5, 0.6) is 11.5 Å². The molecule has 0 fully saturated rings. The van der Waals surface area contributed by atoms with Crippen molar-refractivity contribution in [1.29, 1.82) is 0 Å². The van der Waals surface area contributed by atoms with Crippen LogP contribution in [0, 0.1) is 10.1 Å². The molecule has 1 aliphatic heterocycles. The fourth-order valence-electron chi connectivity index (χ4n) is 2.94. The minimum absolute atomic E-state index is 0.0659. The fourth-order valence-corrected chi connectivity index (χ4v) is 3.40. The zero-order valence-electron chi connectivity index (χ0n) is 15.3. The maximum atomic E-state index is 12.6. The van der Waals surface area contributed by atoms with Crippen LogP contribution in [0.4, 0.5) is 5.69 Å². The molecule has 0 saturated heterocycles. The summed E-state index contributed by atoms with van der Waals surface area (Å²) in [5.74, 6) is 0.646. The normalized spacial score (nSPS) is 13.8. The predicted octanol–water partition coefficient (Wildman–Crippen LogP) is 6.10. The molecule has 4 rings (SSSR count). The molecule has 0 spiro atoms. The molecule has 1 aliphatic rings. The number of hydrogen-bond acceptors (Lipinski definition) is 5. The first kappa shape index (κ1) is 19.9. The number of halogens is 2. The largest absolute Gasteiger partial charge is 0.489 e. The number of nitrogens with zero attached hydrogens (tertiary/aromatic N) is 1. The Labute approximate surface area is 181 Å². The molecule has 30 heavy (non-hydrogen) atoms. The highest BCUT2D eigenvalue weighted by Crippen LogP contribution is 2.35. The summed E-state index contributed by atoms with van der Waals surface area (Å²) in [5.41, 5.74) is 1.59. The predicted molar refractivity (Wildman–Crippen MR) is 113 cm³/mol. The lowest BCUT2D eigenvalue weighted by atomic mass is 10.1. The lowest BCUT2D eigenvalue weighted by molar-refractivity contribution is -0.384. The van der Waals surface area contributed by atoms with E-state index in [1.807, 2.05) is 0 Å². The highest BCUT2D eigenvalue weighted by Gasteiger charge is 2.28. The lowest BCUT2D eigenvalue weighted by Gasteiger charge is -2.09. The third kappa shape index (κ3) is 4.15. The van der Waals surface area contributed by atoms with Crippen molar-refractivity contribution in [3.63, 3.8) is 0 Å². The molecule has 0 amide bonds. The van der Waals surface area contributed by atoms with E-state index in [1.165, 1.54) is 18.2 Å². The van der Waals surface area contributed by atoms with Crippen molar-refractivity contribution in [3.8, 4) is 11.5 Å². The Morgan fingerprint density at radius 2 is 1.90 bits per heavy atom. The van der Waals surface area contributed by atoms with Gasteiger partial charge in [-0.25, -0.2) is 0 Å². The average Bonchev–Trinajstić information content (AvgIpc) is 3.02. The van der Waals surface area contributed by atoms with E-state index in [1.54, 1.807) is 48.5 Å². The molecule has 0 bridgehead atoms. The van der Waals surface area contributed by atoms with Gasteiger partial charge in [0.05, 0.1) is 10.5 Å². The van der Waals surface area contributed by atoms with Gasteiger partial charge in [-0.3, -0.25) is 14.9 Å². The number of benzene rings is 3. The van der Waals surface area contributed by atoms with Gasteiger partial charge in [0, 0.05) is 33.8 Å². The van der Waals surface area contributed by atoms with Crippen LogP contribution in [0.1, 0.15) is 21.5 Å². The monoisotopic (exact) mass is 441 g/mol. The first-order valence-electron chi connectivity index (χ1n) is 8.80. The quantitative estimate of drug-likeness (QED) is 0.271. The molecule has 3 aromatic carbocycles. The van der Waals surface area contributed by atoms with E-state index in [-0.39, 0.29) is 23.8 Å². The van der Waals surface area contributed by atoms with Gasteiger partial charge in [-0.05, 0) is 35.9 Å². The Kier molecular flexibility index (Phi) is 5.44. The summed E-state index contributed by atoms with van der Waals surface area (Å²) < 4.78 is 11.4. The highest BCUT2D eigenvalue weighted by atomic mass is 35.5. The Morgan fingerprint density at radius 3 is 2.67 bits per heavy atom. The minimum atomic E-state index is -0.495. The molecule has 0 unspecified atom stereocenters. The van der Waals surface area contributed by atoms with Crippen molar-refractivity contribution in [2.45, 2.75) is 6.61 Å². The number of ether oxygens (including phenoxy) is 2. The van der Waals surface area contributed by atoms with E-state index in [2.05, 4.69) is 0 Å². The SMILES string of the molecule is O=C1C(=Cc2cccc([N+](=O)[O-])c2)Oc2cc(OCc3ccc(Cl)cc3Cl)ccc21. The van der Waals surface area contributed by atoms with Crippen molar-refractivity contribution < 1.29 is 19.2 Å². The molecule has 6 nitrogen and oxygen atoms in total. The van der Waals surface area contributed by atoms with Crippen molar-refractivity contribution in [1.82, 2.24) is 0 Å². The molecular formula is C22H13Cl2NO5. The summed E-state index contributed by atoms with van der Waals surface area (Å²) in [6.45, 7) is 0.221. The van der Waals surface area contributed by atoms with Gasteiger partial charge < -0.3 is 9.47 Å². The third-order valence-corrected chi connectivity index (χ3v) is 5.02. The Bertz CT molecular complexity index is 1210. The van der Waals surface area contributed by atoms with E-state index in [9.17, 15) is 14.9 Å². The molecule has 0 aromatic heterocycles. The van der Waals surface area contributed by atoms with Crippen molar-refractivity contribution in [2.75, 3.05) is 0 Å². The first-order valence-corrected chi connectivity index (χ1v) is 9.56. The molecular weight excluding hydrogens is 429 g/mol. The molecule has 0 radical (unpaired) electrons. The number of Topliss-reactive ketones (excluding diaryl/α,β-unsaturated/α-hetero) is 1. The Hall–Kier alpha value is -3.35. The maximum absolute atomic E-state index is 12.6. The number of fused-ring (bicyclic) bond motifs is 1. The maximum Gasteiger partial charge on any atom is 0.270 e. The zero-order valence-corrected chi connectivity index (χ0v) is 16.8. The molecule has 0 atom stereocenters. The van der Waals surface area contributed by atoms with Gasteiger partial charge in [-0.15, -0.1) is 0 Å². The van der Waals surface area contributed by atoms with Gasteiger partial charge in [-0.2, -0.15) is 0 Å². The van der Waals surface area contributed by atoms with Crippen molar-refractivity contribution in [2.24, 2.45) is 0 Å². The van der Waals surface area contributed by atoms with Crippen LogP contribution < -0.4 is 9.47 Å². The second kappa shape index (κ2) is 8.18. The van der Waals surface area contributed by atoms with Crippen LogP contribution in [-0.2, 0) is 6.61 Å². The van der Waals surface area contributed by atoms with Crippen LogP contribution in [0.15, 0.2) is 66.4 Å². The fraction of sp³-hybridized carbons (Fsp3) is 0.0455. The highest BCUT2D eigenvalue weighted by molar-refractivity contribution is 6.35. The number of allylic oxidation sites excluding steroid dienone is 1. The minimum Gasteiger partial charge on any atom is -0.489 e. The number of carbonyl (C=O) groups is 1. The average molecular weight is 442 g/mol. The summed E-state index contributed by atoms with van der Waals surface area (Å²) in [6, 6.07) is 16.0. The van der Waals surface area contributed by atoms with Crippen LogP contribution >= 0.6 is 23.2 Å². The lowest BCUT2D eigenvalue weighted by Crippen LogP contribution is -1.98. The zero-order chi connectivity index (χ0) is 21.3. The summed E-state index contributed by atoms with van der Waals surface area (Å²) in [7, 11) is 0.